The van der Waals surface area contributed by atoms with Crippen LogP contribution in [0, 0.1) is 0 Å². The van der Waals surface area contributed by atoms with Gasteiger partial charge in [-0.1, -0.05) is 37.0 Å². The van der Waals surface area contributed by atoms with Gasteiger partial charge in [0.2, 0.25) is 0 Å². The molecular weight excluding hydrogens is 575 g/mol. The lowest BCUT2D eigenvalue weighted by atomic mass is 10.2. The quantitative estimate of drug-likeness (QED) is 0.171. The second kappa shape index (κ2) is 13.9. The molecule has 0 spiro atoms. The van der Waals surface area contributed by atoms with Crippen LogP contribution in [0.15, 0.2) is 36.1 Å². The fraction of sp³-hybridized carbons (Fsp3) is 0.333. The van der Waals surface area contributed by atoms with Crippen LogP contribution in [0.4, 0.5) is 17.3 Å². The molecule has 0 aliphatic carbocycles. The number of rotatable bonds is 13. The smallest absolute Gasteiger partial charge is 0.258 e. The molecule has 0 saturated heterocycles. The van der Waals surface area contributed by atoms with Gasteiger partial charge in [-0.25, -0.2) is 15.0 Å². The van der Waals surface area contributed by atoms with Crippen molar-refractivity contribution in [3.8, 4) is 11.5 Å². The number of hydrogen-bond donors (Lipinski definition) is 2. The van der Waals surface area contributed by atoms with Gasteiger partial charge in [-0.2, -0.15) is 0 Å². The summed E-state index contributed by atoms with van der Waals surface area (Å²) in [7, 11) is 2.92. The molecule has 13 heteroatoms. The SMILES string of the molecule is CCN(CC)CCOCc1ccnc(Nc2ncnc3c(C(=O)Nc4c(Cl)c(OC)cc(OC)c4Cl)csc23)c1. The summed E-state index contributed by atoms with van der Waals surface area (Å²) in [5.41, 5.74) is 1.97. The lowest BCUT2D eigenvalue weighted by Gasteiger charge is -2.17. The molecule has 0 aliphatic heterocycles. The summed E-state index contributed by atoms with van der Waals surface area (Å²) < 4.78 is 17.1. The minimum atomic E-state index is -0.447. The fourth-order valence-corrected chi connectivity index (χ4v) is 5.49. The Morgan fingerprint density at radius 3 is 2.45 bits per heavy atom. The highest BCUT2D eigenvalue weighted by Crippen LogP contribution is 2.44. The van der Waals surface area contributed by atoms with E-state index in [1.54, 1.807) is 17.6 Å². The topological polar surface area (TPSA) is 111 Å². The monoisotopic (exact) mass is 604 g/mol. The van der Waals surface area contributed by atoms with E-state index in [1.165, 1.54) is 31.9 Å². The Balaban J connectivity index is 1.51. The van der Waals surface area contributed by atoms with Gasteiger partial charge in [-0.3, -0.25) is 4.79 Å². The van der Waals surface area contributed by atoms with Crippen molar-refractivity contribution in [2.75, 3.05) is 51.1 Å². The Kier molecular flexibility index (Phi) is 10.3. The van der Waals surface area contributed by atoms with E-state index in [0.29, 0.717) is 52.1 Å². The predicted octanol–water partition coefficient (Wildman–Crippen LogP) is 6.26. The van der Waals surface area contributed by atoms with E-state index < -0.39 is 5.91 Å². The fourth-order valence-electron chi connectivity index (χ4n) is 3.95. The molecule has 0 saturated carbocycles. The normalized spacial score (nSPS) is 11.2. The largest absolute Gasteiger partial charge is 0.495 e. The summed E-state index contributed by atoms with van der Waals surface area (Å²) >= 11 is 14.2. The maximum absolute atomic E-state index is 13.3. The summed E-state index contributed by atoms with van der Waals surface area (Å²) in [5.74, 6) is 1.31. The summed E-state index contributed by atoms with van der Waals surface area (Å²) in [4.78, 5) is 28.8. The molecule has 0 bridgehead atoms. The van der Waals surface area contributed by atoms with Gasteiger partial charge < -0.3 is 29.7 Å². The number of fused-ring (bicyclic) bond motifs is 1. The van der Waals surface area contributed by atoms with E-state index in [1.807, 2.05) is 12.1 Å². The first-order valence-corrected chi connectivity index (χ1v) is 14.2. The van der Waals surface area contributed by atoms with Gasteiger partial charge >= 0.3 is 0 Å². The average Bonchev–Trinajstić information content (AvgIpc) is 3.41. The summed E-state index contributed by atoms with van der Waals surface area (Å²) in [5, 5.41) is 8.02. The summed E-state index contributed by atoms with van der Waals surface area (Å²) in [6, 6.07) is 5.37. The highest BCUT2D eigenvalue weighted by Gasteiger charge is 2.22. The van der Waals surface area contributed by atoms with Crippen molar-refractivity contribution in [3.05, 3.63) is 57.3 Å². The van der Waals surface area contributed by atoms with Crippen LogP contribution in [0.1, 0.15) is 29.8 Å². The van der Waals surface area contributed by atoms with Crippen LogP contribution in [0.3, 0.4) is 0 Å². The standard InChI is InChI=1S/C27H30Cl2N6O4S/c1-5-35(6-2)9-10-39-13-16-7-8-30-20(11-16)33-26-25-23(31-15-32-26)17(14-40-25)27(36)34-24-21(28)18(37-3)12-19(38-4)22(24)29/h7-8,11-12,14-15H,5-6,9-10,13H2,1-4H3,(H,34,36)(H,30,31,32,33). The van der Waals surface area contributed by atoms with Crippen LogP contribution < -0.4 is 20.1 Å². The predicted molar refractivity (Wildman–Crippen MR) is 160 cm³/mol. The summed E-state index contributed by atoms with van der Waals surface area (Å²) in [6.07, 6.45) is 3.11. The maximum Gasteiger partial charge on any atom is 0.258 e. The molecule has 3 heterocycles. The number of ether oxygens (including phenoxy) is 3. The molecule has 2 N–H and O–H groups in total. The van der Waals surface area contributed by atoms with Crippen LogP contribution in [-0.2, 0) is 11.3 Å². The number of pyridine rings is 1. The van der Waals surface area contributed by atoms with E-state index in [0.717, 1.165) is 25.2 Å². The molecule has 0 fully saturated rings. The van der Waals surface area contributed by atoms with Crippen molar-refractivity contribution >= 4 is 68.0 Å². The van der Waals surface area contributed by atoms with Crippen molar-refractivity contribution in [1.29, 1.82) is 0 Å². The number of nitrogens with zero attached hydrogens (tertiary/aromatic N) is 4. The van der Waals surface area contributed by atoms with Crippen molar-refractivity contribution in [2.24, 2.45) is 0 Å². The number of carbonyl (C=O) groups is 1. The van der Waals surface area contributed by atoms with Gasteiger partial charge in [0, 0.05) is 24.2 Å². The number of carbonyl (C=O) groups excluding carboxylic acids is 1. The van der Waals surface area contributed by atoms with Crippen molar-refractivity contribution in [3.63, 3.8) is 0 Å². The van der Waals surface area contributed by atoms with Gasteiger partial charge in [-0.15, -0.1) is 11.3 Å². The number of benzene rings is 1. The number of hydrogen-bond acceptors (Lipinski definition) is 10. The first-order chi connectivity index (χ1) is 19.4. The van der Waals surface area contributed by atoms with E-state index in [4.69, 9.17) is 37.4 Å². The zero-order valence-electron chi connectivity index (χ0n) is 22.6. The minimum Gasteiger partial charge on any atom is -0.495 e. The number of nitrogens with one attached hydrogen (secondary N) is 2. The molecule has 10 nitrogen and oxygen atoms in total. The molecule has 0 radical (unpaired) electrons. The van der Waals surface area contributed by atoms with Crippen LogP contribution in [-0.4, -0.2) is 66.2 Å². The van der Waals surface area contributed by atoms with Crippen molar-refractivity contribution < 1.29 is 19.0 Å². The van der Waals surface area contributed by atoms with Crippen molar-refractivity contribution in [2.45, 2.75) is 20.5 Å². The van der Waals surface area contributed by atoms with E-state index in [2.05, 4.69) is 44.3 Å². The van der Waals surface area contributed by atoms with Gasteiger partial charge in [0.25, 0.3) is 5.91 Å². The molecule has 212 valence electrons. The zero-order chi connectivity index (χ0) is 28.6. The average molecular weight is 606 g/mol. The Morgan fingerprint density at radius 2 is 1.77 bits per heavy atom. The number of halogens is 2. The minimum absolute atomic E-state index is 0.154. The van der Waals surface area contributed by atoms with Crippen LogP contribution >= 0.6 is 34.5 Å². The van der Waals surface area contributed by atoms with Gasteiger partial charge in [0.05, 0.1) is 48.9 Å². The van der Waals surface area contributed by atoms with Crippen LogP contribution in [0.5, 0.6) is 11.5 Å². The Hall–Kier alpha value is -3.22. The summed E-state index contributed by atoms with van der Waals surface area (Å²) in [6.45, 7) is 8.29. The maximum atomic E-state index is 13.3. The third-order valence-corrected chi connectivity index (χ3v) is 7.92. The molecule has 0 unspecified atom stereocenters. The molecule has 1 aromatic carbocycles. The third kappa shape index (κ3) is 6.73. The van der Waals surface area contributed by atoms with E-state index in [-0.39, 0.29) is 15.7 Å². The number of aromatic nitrogens is 3. The molecule has 0 atom stereocenters. The molecular formula is C27H30Cl2N6O4S. The molecule has 3 aromatic heterocycles. The third-order valence-electron chi connectivity index (χ3n) is 6.20. The zero-order valence-corrected chi connectivity index (χ0v) is 24.9. The molecule has 4 aromatic rings. The Bertz CT molecular complexity index is 1450. The Morgan fingerprint density at radius 1 is 1.05 bits per heavy atom. The lowest BCUT2D eigenvalue weighted by Crippen LogP contribution is -2.26. The number of thiophene rings is 1. The highest BCUT2D eigenvalue weighted by atomic mass is 35.5. The van der Waals surface area contributed by atoms with Crippen LogP contribution in [0.2, 0.25) is 10.0 Å². The Labute approximate surface area is 246 Å². The van der Waals surface area contributed by atoms with Crippen molar-refractivity contribution in [1.82, 2.24) is 19.9 Å². The van der Waals surface area contributed by atoms with E-state index in [9.17, 15) is 4.79 Å². The second-order valence-corrected chi connectivity index (χ2v) is 10.2. The molecule has 4 rings (SSSR count). The second-order valence-electron chi connectivity index (χ2n) is 8.54. The highest BCUT2D eigenvalue weighted by molar-refractivity contribution is 7.18. The number of amides is 1. The first-order valence-electron chi connectivity index (χ1n) is 12.6. The molecule has 1 amide bonds. The molecule has 0 aliphatic rings. The van der Waals surface area contributed by atoms with Gasteiger partial charge in [-0.05, 0) is 30.8 Å². The first kappa shape index (κ1) is 29.8. The van der Waals surface area contributed by atoms with Gasteiger partial charge in [0.1, 0.15) is 33.7 Å². The lowest BCUT2D eigenvalue weighted by molar-refractivity contribution is 0.0956. The van der Waals surface area contributed by atoms with Gasteiger partial charge in [0.15, 0.2) is 5.82 Å². The molecule has 40 heavy (non-hydrogen) atoms. The van der Waals surface area contributed by atoms with Crippen LogP contribution in [0.25, 0.3) is 10.2 Å². The number of methoxy groups -OCH3 is 2. The number of likely N-dealkylation sites (N-methyl/N-ethyl adjacent to an activating group) is 1. The number of anilines is 3. The van der Waals surface area contributed by atoms with E-state index >= 15 is 0 Å².